The molecule has 1 rings (SSSR count). The second-order valence-corrected chi connectivity index (χ2v) is 4.04. The van der Waals surface area contributed by atoms with Crippen LogP contribution in [0.15, 0.2) is 18.2 Å². The number of Topliss-reactive ketones (excluding diaryl/α,β-unsaturated/α-hetero) is 1. The van der Waals surface area contributed by atoms with E-state index in [-0.39, 0.29) is 18.3 Å². The van der Waals surface area contributed by atoms with Gasteiger partial charge in [-0.3, -0.25) is 9.59 Å². The molecule has 5 heteroatoms. The fourth-order valence-electron chi connectivity index (χ4n) is 1.30. The van der Waals surface area contributed by atoms with E-state index in [4.69, 9.17) is 15.2 Å². The molecule has 0 fully saturated rings. The first kappa shape index (κ1) is 14.0. The Labute approximate surface area is 106 Å². The van der Waals surface area contributed by atoms with Crippen molar-refractivity contribution < 1.29 is 19.1 Å². The van der Waals surface area contributed by atoms with E-state index in [2.05, 4.69) is 0 Å². The zero-order valence-electron chi connectivity index (χ0n) is 10.7. The van der Waals surface area contributed by atoms with Gasteiger partial charge in [0.25, 0.3) is 0 Å². The first-order valence-corrected chi connectivity index (χ1v) is 5.56. The van der Waals surface area contributed by atoms with E-state index in [1.165, 1.54) is 14.0 Å². The van der Waals surface area contributed by atoms with Crippen molar-refractivity contribution in [2.24, 2.45) is 11.7 Å². The minimum Gasteiger partial charge on any atom is -0.493 e. The highest BCUT2D eigenvalue weighted by molar-refractivity contribution is 5.94. The van der Waals surface area contributed by atoms with Crippen LogP contribution < -0.4 is 15.2 Å². The molecule has 0 aromatic heterocycles. The number of methoxy groups -OCH3 is 1. The van der Waals surface area contributed by atoms with Crippen LogP contribution in [0.3, 0.4) is 0 Å². The SMILES string of the molecule is COc1cc(C(C)=O)ccc1OCC(C)C(N)=O. The minimum absolute atomic E-state index is 0.0506. The average molecular weight is 251 g/mol. The third-order valence-corrected chi connectivity index (χ3v) is 2.54. The lowest BCUT2D eigenvalue weighted by atomic mass is 10.1. The van der Waals surface area contributed by atoms with Gasteiger partial charge in [-0.1, -0.05) is 6.92 Å². The third-order valence-electron chi connectivity index (χ3n) is 2.54. The molecule has 1 unspecified atom stereocenters. The maximum Gasteiger partial charge on any atom is 0.223 e. The van der Waals surface area contributed by atoms with Crippen LogP contribution in [0.2, 0.25) is 0 Å². The molecule has 0 bridgehead atoms. The molecule has 1 aromatic rings. The van der Waals surface area contributed by atoms with Crippen molar-refractivity contribution in [3.05, 3.63) is 23.8 Å². The molecule has 5 nitrogen and oxygen atoms in total. The number of ether oxygens (including phenoxy) is 2. The van der Waals surface area contributed by atoms with Gasteiger partial charge in [-0.15, -0.1) is 0 Å². The molecule has 2 N–H and O–H groups in total. The predicted molar refractivity (Wildman–Crippen MR) is 66.9 cm³/mol. The molecule has 0 saturated heterocycles. The number of hydrogen-bond acceptors (Lipinski definition) is 4. The zero-order valence-corrected chi connectivity index (χ0v) is 10.7. The summed E-state index contributed by atoms with van der Waals surface area (Å²) in [7, 11) is 1.49. The Morgan fingerprint density at radius 2 is 2.00 bits per heavy atom. The van der Waals surface area contributed by atoms with Crippen LogP contribution in [-0.4, -0.2) is 25.4 Å². The van der Waals surface area contributed by atoms with Gasteiger partial charge in [0, 0.05) is 5.56 Å². The number of primary amides is 1. The molecule has 0 aliphatic heterocycles. The molecule has 98 valence electrons. The lowest BCUT2D eigenvalue weighted by Crippen LogP contribution is -2.25. The van der Waals surface area contributed by atoms with Crippen molar-refractivity contribution in [2.75, 3.05) is 13.7 Å². The van der Waals surface area contributed by atoms with Gasteiger partial charge in [-0.05, 0) is 25.1 Å². The summed E-state index contributed by atoms with van der Waals surface area (Å²) in [5, 5.41) is 0. The van der Waals surface area contributed by atoms with Crippen LogP contribution in [0.1, 0.15) is 24.2 Å². The lowest BCUT2D eigenvalue weighted by molar-refractivity contribution is -0.122. The van der Waals surface area contributed by atoms with Gasteiger partial charge in [0.2, 0.25) is 5.91 Å². The molecule has 0 radical (unpaired) electrons. The van der Waals surface area contributed by atoms with Gasteiger partial charge in [0.1, 0.15) is 0 Å². The van der Waals surface area contributed by atoms with Gasteiger partial charge in [-0.25, -0.2) is 0 Å². The fraction of sp³-hybridized carbons (Fsp3) is 0.385. The second kappa shape index (κ2) is 6.05. The summed E-state index contributed by atoms with van der Waals surface area (Å²) in [4.78, 5) is 22.1. The number of amides is 1. The molecule has 18 heavy (non-hydrogen) atoms. The van der Waals surface area contributed by atoms with Crippen molar-refractivity contribution >= 4 is 11.7 Å². The average Bonchev–Trinajstić information content (AvgIpc) is 2.35. The van der Waals surface area contributed by atoms with Crippen LogP contribution in [0.4, 0.5) is 0 Å². The molecule has 0 aliphatic carbocycles. The number of ketones is 1. The molecule has 1 atom stereocenters. The smallest absolute Gasteiger partial charge is 0.223 e. The monoisotopic (exact) mass is 251 g/mol. The number of carbonyl (C=O) groups excluding carboxylic acids is 2. The first-order valence-electron chi connectivity index (χ1n) is 5.56. The molecule has 0 spiro atoms. The summed E-state index contributed by atoms with van der Waals surface area (Å²) >= 11 is 0. The molecular formula is C13H17NO4. The first-order chi connectivity index (χ1) is 8.45. The maximum absolute atomic E-state index is 11.2. The summed E-state index contributed by atoms with van der Waals surface area (Å²) in [5.41, 5.74) is 5.68. The zero-order chi connectivity index (χ0) is 13.7. The van der Waals surface area contributed by atoms with Crippen molar-refractivity contribution in [2.45, 2.75) is 13.8 Å². The summed E-state index contributed by atoms with van der Waals surface area (Å²) in [6.07, 6.45) is 0. The second-order valence-electron chi connectivity index (χ2n) is 4.04. The highest BCUT2D eigenvalue weighted by Gasteiger charge is 2.12. The summed E-state index contributed by atoms with van der Waals surface area (Å²) in [6.45, 7) is 3.33. The highest BCUT2D eigenvalue weighted by Crippen LogP contribution is 2.28. The van der Waals surface area contributed by atoms with Crippen LogP contribution in [0, 0.1) is 5.92 Å². The van der Waals surface area contributed by atoms with Crippen molar-refractivity contribution in [1.82, 2.24) is 0 Å². The van der Waals surface area contributed by atoms with Gasteiger partial charge in [-0.2, -0.15) is 0 Å². The van der Waals surface area contributed by atoms with Crippen LogP contribution in [0.25, 0.3) is 0 Å². The maximum atomic E-state index is 11.2. The van der Waals surface area contributed by atoms with Gasteiger partial charge in [0.15, 0.2) is 17.3 Å². The quantitative estimate of drug-likeness (QED) is 0.775. The molecule has 0 saturated carbocycles. The van der Waals surface area contributed by atoms with Crippen molar-refractivity contribution in [1.29, 1.82) is 0 Å². The largest absolute Gasteiger partial charge is 0.493 e. The fourth-order valence-corrected chi connectivity index (χ4v) is 1.30. The van der Waals surface area contributed by atoms with Crippen molar-refractivity contribution in [3.63, 3.8) is 0 Å². The van der Waals surface area contributed by atoms with Crippen LogP contribution in [0.5, 0.6) is 11.5 Å². The van der Waals surface area contributed by atoms with E-state index in [1.807, 2.05) is 0 Å². The van der Waals surface area contributed by atoms with E-state index in [0.717, 1.165) is 0 Å². The van der Waals surface area contributed by atoms with Gasteiger partial charge >= 0.3 is 0 Å². The number of hydrogen-bond donors (Lipinski definition) is 1. The van der Waals surface area contributed by atoms with Gasteiger partial charge in [0.05, 0.1) is 19.6 Å². The lowest BCUT2D eigenvalue weighted by Gasteiger charge is -2.13. The Morgan fingerprint density at radius 1 is 1.33 bits per heavy atom. The Kier molecular flexibility index (Phi) is 4.71. The summed E-state index contributed by atoms with van der Waals surface area (Å²) in [6, 6.07) is 4.89. The Bertz CT molecular complexity index is 456. The number of carbonyl (C=O) groups is 2. The number of rotatable bonds is 6. The minimum atomic E-state index is -0.422. The van der Waals surface area contributed by atoms with Crippen LogP contribution >= 0.6 is 0 Å². The van der Waals surface area contributed by atoms with E-state index in [9.17, 15) is 9.59 Å². The van der Waals surface area contributed by atoms with E-state index >= 15 is 0 Å². The standard InChI is InChI=1S/C13H17NO4/c1-8(13(14)16)7-18-11-5-4-10(9(2)15)6-12(11)17-3/h4-6,8H,7H2,1-3H3,(H2,14,16). The summed E-state index contributed by atoms with van der Waals surface area (Å²) < 4.78 is 10.6. The summed E-state index contributed by atoms with van der Waals surface area (Å²) in [5.74, 6) is 0.0804. The molecule has 0 aliphatic rings. The molecular weight excluding hydrogens is 234 g/mol. The van der Waals surface area contributed by atoms with E-state index < -0.39 is 5.91 Å². The van der Waals surface area contributed by atoms with Gasteiger partial charge < -0.3 is 15.2 Å². The highest BCUT2D eigenvalue weighted by atomic mass is 16.5. The molecule has 1 amide bonds. The van der Waals surface area contributed by atoms with Crippen LogP contribution in [-0.2, 0) is 4.79 Å². The molecule has 0 heterocycles. The number of nitrogens with two attached hydrogens (primary N) is 1. The van der Waals surface area contributed by atoms with E-state index in [0.29, 0.717) is 17.1 Å². The number of benzene rings is 1. The Hall–Kier alpha value is -2.04. The van der Waals surface area contributed by atoms with E-state index in [1.54, 1.807) is 25.1 Å². The Morgan fingerprint density at radius 3 is 2.50 bits per heavy atom. The predicted octanol–water partition coefficient (Wildman–Crippen LogP) is 1.40. The third kappa shape index (κ3) is 3.48. The normalized spacial score (nSPS) is 11.7. The molecule has 1 aromatic carbocycles. The van der Waals surface area contributed by atoms with Crippen molar-refractivity contribution in [3.8, 4) is 11.5 Å². The Balaban J connectivity index is 2.83. The topological polar surface area (TPSA) is 78.6 Å².